The molecule has 1 aliphatic rings. The number of rotatable bonds is 7. The van der Waals surface area contributed by atoms with Crippen molar-refractivity contribution in [2.75, 3.05) is 19.7 Å². The molecule has 1 aromatic heterocycles. The van der Waals surface area contributed by atoms with Gasteiger partial charge in [-0.1, -0.05) is 30.3 Å². The van der Waals surface area contributed by atoms with E-state index in [2.05, 4.69) is 5.10 Å². The van der Waals surface area contributed by atoms with Gasteiger partial charge in [0.15, 0.2) is 0 Å². The van der Waals surface area contributed by atoms with E-state index in [-0.39, 0.29) is 30.1 Å². The molecule has 0 aliphatic carbocycles. The highest BCUT2D eigenvalue weighted by Crippen LogP contribution is 2.32. The van der Waals surface area contributed by atoms with Gasteiger partial charge in [0.25, 0.3) is 0 Å². The molecule has 138 valence electrons. The van der Waals surface area contributed by atoms with E-state index in [4.69, 9.17) is 10.5 Å². The van der Waals surface area contributed by atoms with Crippen molar-refractivity contribution < 1.29 is 14.3 Å². The average molecular weight is 356 g/mol. The third kappa shape index (κ3) is 4.29. The number of nitrogens with two attached hydrogens (primary N) is 1. The Morgan fingerprint density at radius 3 is 2.69 bits per heavy atom. The zero-order valence-corrected chi connectivity index (χ0v) is 14.9. The smallest absolute Gasteiger partial charge is 0.224 e. The number of carbonyl (C=O) groups excluding carboxylic acids is 2. The molecule has 2 amide bonds. The molecular formula is C19H24N4O3. The lowest BCUT2D eigenvalue weighted by Gasteiger charge is -2.16. The van der Waals surface area contributed by atoms with E-state index < -0.39 is 0 Å². The predicted molar refractivity (Wildman–Crippen MR) is 95.9 cm³/mol. The number of carbonyl (C=O) groups is 2. The molecule has 0 radical (unpaired) electrons. The minimum atomic E-state index is -0.381. The Kier molecular flexibility index (Phi) is 5.68. The van der Waals surface area contributed by atoms with E-state index in [1.807, 2.05) is 43.6 Å². The van der Waals surface area contributed by atoms with Gasteiger partial charge in [0.2, 0.25) is 11.8 Å². The fraction of sp³-hybridized carbons (Fsp3) is 0.421. The van der Waals surface area contributed by atoms with Gasteiger partial charge in [0.05, 0.1) is 31.7 Å². The Morgan fingerprint density at radius 1 is 1.27 bits per heavy atom. The Morgan fingerprint density at radius 2 is 2.04 bits per heavy atom. The lowest BCUT2D eigenvalue weighted by Crippen LogP contribution is -2.32. The van der Waals surface area contributed by atoms with Crippen LogP contribution in [0.2, 0.25) is 0 Å². The van der Waals surface area contributed by atoms with Crippen molar-refractivity contribution in [1.29, 1.82) is 0 Å². The van der Waals surface area contributed by atoms with E-state index >= 15 is 0 Å². The number of aryl methyl sites for hydroxylation is 1. The van der Waals surface area contributed by atoms with Crippen LogP contribution in [-0.2, 0) is 28.0 Å². The fourth-order valence-corrected chi connectivity index (χ4v) is 3.35. The molecule has 7 heteroatoms. The van der Waals surface area contributed by atoms with Gasteiger partial charge in [-0.2, -0.15) is 5.10 Å². The third-order valence-electron chi connectivity index (χ3n) is 4.76. The summed E-state index contributed by atoms with van der Waals surface area (Å²) in [7, 11) is 1.82. The van der Waals surface area contributed by atoms with Crippen LogP contribution in [0.4, 0.5) is 0 Å². The molecule has 2 aromatic rings. The zero-order chi connectivity index (χ0) is 18.5. The van der Waals surface area contributed by atoms with Crippen molar-refractivity contribution >= 4 is 11.8 Å². The Hall–Kier alpha value is -2.67. The first-order chi connectivity index (χ1) is 12.5. The molecule has 3 rings (SSSR count). The minimum Gasteiger partial charge on any atom is -0.376 e. The summed E-state index contributed by atoms with van der Waals surface area (Å²) < 4.78 is 7.28. The number of ether oxygens (including phenoxy) is 1. The SMILES string of the molecule is Cn1cc([C@H]2CN(C(=O)CCOCc3ccccc3)C[C@@H]2C(N)=O)cn1. The summed E-state index contributed by atoms with van der Waals surface area (Å²) in [4.78, 5) is 26.0. The number of likely N-dealkylation sites (tertiary alicyclic amines) is 1. The Balaban J connectivity index is 1.52. The molecule has 2 heterocycles. The molecule has 2 atom stereocenters. The van der Waals surface area contributed by atoms with Crippen LogP contribution < -0.4 is 5.73 Å². The largest absolute Gasteiger partial charge is 0.376 e. The molecule has 0 spiro atoms. The second-order valence-electron chi connectivity index (χ2n) is 6.65. The van der Waals surface area contributed by atoms with Gasteiger partial charge in [0, 0.05) is 32.3 Å². The lowest BCUT2D eigenvalue weighted by atomic mass is 9.90. The summed E-state index contributed by atoms with van der Waals surface area (Å²) in [6, 6.07) is 9.83. The van der Waals surface area contributed by atoms with Crippen LogP contribution in [0.3, 0.4) is 0 Å². The summed E-state index contributed by atoms with van der Waals surface area (Å²) in [5, 5.41) is 4.16. The van der Waals surface area contributed by atoms with Crippen molar-refractivity contribution in [3.63, 3.8) is 0 Å². The average Bonchev–Trinajstić information content (AvgIpc) is 3.26. The number of amides is 2. The molecule has 7 nitrogen and oxygen atoms in total. The normalized spacial score (nSPS) is 19.7. The van der Waals surface area contributed by atoms with Crippen molar-refractivity contribution in [3.8, 4) is 0 Å². The summed E-state index contributed by atoms with van der Waals surface area (Å²) in [6.45, 7) is 1.67. The molecule has 0 saturated carbocycles. The zero-order valence-electron chi connectivity index (χ0n) is 14.9. The van der Waals surface area contributed by atoms with Crippen LogP contribution >= 0.6 is 0 Å². The van der Waals surface area contributed by atoms with Gasteiger partial charge in [0.1, 0.15) is 0 Å². The van der Waals surface area contributed by atoms with E-state index in [0.29, 0.717) is 26.3 Å². The van der Waals surface area contributed by atoms with E-state index in [1.54, 1.807) is 15.8 Å². The predicted octanol–water partition coefficient (Wildman–Crippen LogP) is 1.05. The van der Waals surface area contributed by atoms with E-state index in [0.717, 1.165) is 11.1 Å². The molecule has 26 heavy (non-hydrogen) atoms. The first kappa shape index (κ1) is 18.1. The highest BCUT2D eigenvalue weighted by Gasteiger charge is 2.39. The monoisotopic (exact) mass is 356 g/mol. The maximum Gasteiger partial charge on any atom is 0.224 e. The fourth-order valence-electron chi connectivity index (χ4n) is 3.35. The molecule has 2 N–H and O–H groups in total. The van der Waals surface area contributed by atoms with Gasteiger partial charge in [-0.3, -0.25) is 14.3 Å². The quantitative estimate of drug-likeness (QED) is 0.751. The van der Waals surface area contributed by atoms with Gasteiger partial charge >= 0.3 is 0 Å². The van der Waals surface area contributed by atoms with Crippen LogP contribution in [-0.4, -0.2) is 46.2 Å². The van der Waals surface area contributed by atoms with E-state index in [9.17, 15) is 9.59 Å². The molecule has 1 saturated heterocycles. The first-order valence-corrected chi connectivity index (χ1v) is 8.72. The minimum absolute atomic E-state index is 0.0179. The standard InChI is InChI=1S/C19H24N4O3/c1-22-10-15(9-21-22)16-11-23(12-17(16)19(20)25)18(24)7-8-26-13-14-5-3-2-4-6-14/h2-6,9-10,16-17H,7-8,11-13H2,1H3,(H2,20,25)/t16-,17+/m1/s1. The van der Waals surface area contributed by atoms with Gasteiger partial charge in [-0.25, -0.2) is 0 Å². The summed E-state index contributed by atoms with van der Waals surface area (Å²) in [5.74, 6) is -0.881. The van der Waals surface area contributed by atoms with Crippen LogP contribution in [0, 0.1) is 5.92 Å². The maximum absolute atomic E-state index is 12.5. The molecule has 0 bridgehead atoms. The Labute approximate surface area is 152 Å². The summed E-state index contributed by atoms with van der Waals surface area (Å²) >= 11 is 0. The maximum atomic E-state index is 12.5. The number of primary amides is 1. The number of nitrogens with zero attached hydrogens (tertiary/aromatic N) is 3. The highest BCUT2D eigenvalue weighted by molar-refractivity contribution is 5.82. The lowest BCUT2D eigenvalue weighted by molar-refractivity contribution is -0.131. The first-order valence-electron chi connectivity index (χ1n) is 8.72. The van der Waals surface area contributed by atoms with Gasteiger partial charge in [-0.05, 0) is 11.1 Å². The number of aromatic nitrogens is 2. The molecular weight excluding hydrogens is 332 g/mol. The van der Waals surface area contributed by atoms with Crippen LogP contribution in [0.1, 0.15) is 23.5 Å². The van der Waals surface area contributed by atoms with Crippen molar-refractivity contribution in [2.45, 2.75) is 18.9 Å². The molecule has 1 aliphatic heterocycles. The second-order valence-corrected chi connectivity index (χ2v) is 6.65. The molecule has 1 fully saturated rings. The van der Waals surface area contributed by atoms with Crippen LogP contribution in [0.25, 0.3) is 0 Å². The second kappa shape index (κ2) is 8.14. The van der Waals surface area contributed by atoms with Crippen LogP contribution in [0.5, 0.6) is 0 Å². The number of hydrogen-bond acceptors (Lipinski definition) is 4. The molecule has 0 unspecified atom stereocenters. The molecule has 1 aromatic carbocycles. The Bertz CT molecular complexity index is 759. The van der Waals surface area contributed by atoms with Crippen molar-refractivity contribution in [1.82, 2.24) is 14.7 Å². The number of hydrogen-bond donors (Lipinski definition) is 1. The topological polar surface area (TPSA) is 90.5 Å². The third-order valence-corrected chi connectivity index (χ3v) is 4.76. The van der Waals surface area contributed by atoms with E-state index in [1.165, 1.54) is 0 Å². The summed E-state index contributed by atoms with van der Waals surface area (Å²) in [5.41, 5.74) is 7.56. The van der Waals surface area contributed by atoms with Gasteiger partial charge in [-0.15, -0.1) is 0 Å². The van der Waals surface area contributed by atoms with Crippen molar-refractivity contribution in [3.05, 3.63) is 53.9 Å². The van der Waals surface area contributed by atoms with Gasteiger partial charge < -0.3 is 15.4 Å². The summed E-state index contributed by atoms with van der Waals surface area (Å²) in [6.07, 6.45) is 3.90. The highest BCUT2D eigenvalue weighted by atomic mass is 16.5. The van der Waals surface area contributed by atoms with Crippen LogP contribution in [0.15, 0.2) is 42.7 Å². The van der Waals surface area contributed by atoms with Crippen molar-refractivity contribution in [2.24, 2.45) is 18.7 Å². The number of benzene rings is 1.